The van der Waals surface area contributed by atoms with E-state index in [1.807, 2.05) is 0 Å². The van der Waals surface area contributed by atoms with Crippen LogP contribution >= 0.6 is 11.6 Å². The number of hydrogen-bond acceptors (Lipinski definition) is 1. The van der Waals surface area contributed by atoms with Gasteiger partial charge in [0.05, 0.1) is 5.02 Å². The average molecular weight is 232 g/mol. The summed E-state index contributed by atoms with van der Waals surface area (Å²) in [4.78, 5) is 0. The lowest BCUT2D eigenvalue weighted by Gasteiger charge is -2.25. The van der Waals surface area contributed by atoms with Gasteiger partial charge in [-0.05, 0) is 24.5 Å². The van der Waals surface area contributed by atoms with Crippen molar-refractivity contribution in [2.75, 3.05) is 0 Å². The van der Waals surface area contributed by atoms with Crippen LogP contribution in [0.25, 0.3) is 0 Å². The van der Waals surface area contributed by atoms with Crippen LogP contribution in [0.4, 0.5) is 8.78 Å². The molecule has 0 aromatic heterocycles. The van der Waals surface area contributed by atoms with Crippen molar-refractivity contribution in [3.05, 3.63) is 34.4 Å². The van der Waals surface area contributed by atoms with Gasteiger partial charge in [-0.1, -0.05) is 30.5 Å². The fourth-order valence-corrected chi connectivity index (χ4v) is 2.53. The first-order chi connectivity index (χ1) is 7.04. The van der Waals surface area contributed by atoms with Crippen molar-refractivity contribution in [1.82, 2.24) is 0 Å². The molecule has 0 amide bonds. The highest BCUT2D eigenvalue weighted by atomic mass is 35.5. The van der Waals surface area contributed by atoms with E-state index < -0.39 is 17.2 Å². The van der Waals surface area contributed by atoms with E-state index in [4.69, 9.17) is 17.3 Å². The van der Waals surface area contributed by atoms with Crippen molar-refractivity contribution >= 4 is 11.6 Å². The Hall–Kier alpha value is -0.670. The maximum absolute atomic E-state index is 13.3. The molecule has 0 unspecified atom stereocenters. The predicted octanol–water partition coefficient (Wildman–Crippen LogP) is 3.35. The van der Waals surface area contributed by atoms with E-state index in [1.165, 1.54) is 6.07 Å². The van der Waals surface area contributed by atoms with Crippen LogP contribution in [0.2, 0.25) is 5.02 Å². The minimum Gasteiger partial charge on any atom is -0.321 e. The number of halogens is 3. The molecular formula is C11H12ClF2N. The number of benzene rings is 1. The molecule has 0 spiro atoms. The molecule has 1 aromatic rings. The van der Waals surface area contributed by atoms with E-state index in [0.717, 1.165) is 31.7 Å². The molecule has 0 bridgehead atoms. The molecule has 2 N–H and O–H groups in total. The minimum atomic E-state index is -0.995. The zero-order chi connectivity index (χ0) is 11.1. The maximum Gasteiger partial charge on any atom is 0.177 e. The molecule has 2 rings (SSSR count). The second-order valence-corrected chi connectivity index (χ2v) is 4.46. The van der Waals surface area contributed by atoms with Crippen molar-refractivity contribution in [3.63, 3.8) is 0 Å². The SMILES string of the molecule is NC1(c2ccc(F)c(F)c2Cl)CCCC1. The second kappa shape index (κ2) is 3.72. The summed E-state index contributed by atoms with van der Waals surface area (Å²) in [6.07, 6.45) is 3.56. The van der Waals surface area contributed by atoms with Gasteiger partial charge in [-0.2, -0.15) is 0 Å². The van der Waals surface area contributed by atoms with Crippen LogP contribution in [-0.2, 0) is 5.54 Å². The molecule has 0 radical (unpaired) electrons. The summed E-state index contributed by atoms with van der Waals surface area (Å²) in [5.41, 5.74) is 6.08. The Kier molecular flexibility index (Phi) is 2.69. The van der Waals surface area contributed by atoms with Gasteiger partial charge in [0.1, 0.15) is 0 Å². The van der Waals surface area contributed by atoms with Gasteiger partial charge in [-0.25, -0.2) is 8.78 Å². The number of hydrogen-bond donors (Lipinski definition) is 1. The lowest BCUT2D eigenvalue weighted by atomic mass is 9.89. The van der Waals surface area contributed by atoms with Crippen molar-refractivity contribution in [3.8, 4) is 0 Å². The Labute approximate surface area is 92.2 Å². The summed E-state index contributed by atoms with van der Waals surface area (Å²) in [6.45, 7) is 0. The van der Waals surface area contributed by atoms with E-state index in [1.54, 1.807) is 0 Å². The van der Waals surface area contributed by atoms with Crippen LogP contribution in [0.5, 0.6) is 0 Å². The zero-order valence-electron chi connectivity index (χ0n) is 8.19. The fraction of sp³-hybridized carbons (Fsp3) is 0.455. The lowest BCUT2D eigenvalue weighted by molar-refractivity contribution is 0.450. The first-order valence-electron chi connectivity index (χ1n) is 4.97. The summed E-state index contributed by atoms with van der Waals surface area (Å²) >= 11 is 5.77. The Morgan fingerprint density at radius 2 is 1.80 bits per heavy atom. The summed E-state index contributed by atoms with van der Waals surface area (Å²) < 4.78 is 26.1. The number of rotatable bonds is 1. The van der Waals surface area contributed by atoms with Crippen LogP contribution in [0.1, 0.15) is 31.2 Å². The third kappa shape index (κ3) is 1.74. The van der Waals surface area contributed by atoms with Crippen LogP contribution in [0, 0.1) is 11.6 Å². The van der Waals surface area contributed by atoms with Crippen LogP contribution in [0.15, 0.2) is 12.1 Å². The minimum absolute atomic E-state index is 0.167. The first kappa shape index (κ1) is 10.8. The molecule has 0 atom stereocenters. The van der Waals surface area contributed by atoms with Crippen LogP contribution in [0.3, 0.4) is 0 Å². The predicted molar refractivity (Wildman–Crippen MR) is 55.7 cm³/mol. The molecular weight excluding hydrogens is 220 g/mol. The van der Waals surface area contributed by atoms with Gasteiger partial charge in [0.15, 0.2) is 11.6 Å². The smallest absolute Gasteiger partial charge is 0.177 e. The van der Waals surface area contributed by atoms with E-state index >= 15 is 0 Å². The molecule has 1 nitrogen and oxygen atoms in total. The van der Waals surface area contributed by atoms with Crippen molar-refractivity contribution < 1.29 is 8.78 Å². The standard InChI is InChI=1S/C11H12ClF2N/c12-9-7(3-4-8(13)10(9)14)11(15)5-1-2-6-11/h3-4H,1-2,5-6,15H2. The van der Waals surface area contributed by atoms with Gasteiger partial charge in [-0.15, -0.1) is 0 Å². The first-order valence-corrected chi connectivity index (χ1v) is 5.35. The van der Waals surface area contributed by atoms with Gasteiger partial charge in [0.25, 0.3) is 0 Å². The molecule has 1 saturated carbocycles. The Balaban J connectivity index is 2.49. The van der Waals surface area contributed by atoms with E-state index in [2.05, 4.69) is 0 Å². The summed E-state index contributed by atoms with van der Waals surface area (Å²) in [5, 5.41) is -0.167. The normalized spacial score (nSPS) is 19.5. The van der Waals surface area contributed by atoms with E-state index in [0.29, 0.717) is 5.56 Å². The highest BCUT2D eigenvalue weighted by Crippen LogP contribution is 2.40. The quantitative estimate of drug-likeness (QED) is 0.737. The van der Waals surface area contributed by atoms with E-state index in [9.17, 15) is 8.78 Å². The third-order valence-electron chi connectivity index (χ3n) is 3.07. The van der Waals surface area contributed by atoms with Crippen LogP contribution < -0.4 is 5.73 Å². The van der Waals surface area contributed by atoms with Gasteiger partial charge in [0, 0.05) is 5.54 Å². The number of nitrogens with two attached hydrogens (primary N) is 1. The largest absolute Gasteiger partial charge is 0.321 e. The molecule has 0 aliphatic heterocycles. The molecule has 1 aliphatic rings. The molecule has 1 fully saturated rings. The summed E-state index contributed by atoms with van der Waals surface area (Å²) in [6, 6.07) is 2.58. The third-order valence-corrected chi connectivity index (χ3v) is 3.44. The fourth-order valence-electron chi connectivity index (χ4n) is 2.19. The lowest BCUT2D eigenvalue weighted by Crippen LogP contribution is -2.33. The van der Waals surface area contributed by atoms with Crippen molar-refractivity contribution in [1.29, 1.82) is 0 Å². The van der Waals surface area contributed by atoms with Gasteiger partial charge >= 0.3 is 0 Å². The molecule has 82 valence electrons. The molecule has 15 heavy (non-hydrogen) atoms. The second-order valence-electron chi connectivity index (χ2n) is 4.09. The Bertz CT molecular complexity index is 386. The maximum atomic E-state index is 13.3. The highest BCUT2D eigenvalue weighted by molar-refractivity contribution is 6.31. The highest BCUT2D eigenvalue weighted by Gasteiger charge is 2.34. The topological polar surface area (TPSA) is 26.0 Å². The van der Waals surface area contributed by atoms with Gasteiger partial charge in [-0.3, -0.25) is 0 Å². The Morgan fingerprint density at radius 3 is 2.40 bits per heavy atom. The zero-order valence-corrected chi connectivity index (χ0v) is 8.95. The van der Waals surface area contributed by atoms with Crippen molar-refractivity contribution in [2.45, 2.75) is 31.2 Å². The molecule has 1 aromatic carbocycles. The molecule has 0 saturated heterocycles. The van der Waals surface area contributed by atoms with E-state index in [-0.39, 0.29) is 5.02 Å². The molecule has 4 heteroatoms. The van der Waals surface area contributed by atoms with Gasteiger partial charge in [0.2, 0.25) is 0 Å². The van der Waals surface area contributed by atoms with Crippen molar-refractivity contribution in [2.24, 2.45) is 5.73 Å². The average Bonchev–Trinajstić information content (AvgIpc) is 2.62. The summed E-state index contributed by atoms with van der Waals surface area (Å²) in [5.74, 6) is -1.92. The summed E-state index contributed by atoms with van der Waals surface area (Å²) in [7, 11) is 0. The monoisotopic (exact) mass is 231 g/mol. The molecule has 1 aliphatic carbocycles. The molecule has 0 heterocycles. The van der Waals surface area contributed by atoms with Gasteiger partial charge < -0.3 is 5.73 Å². The Morgan fingerprint density at radius 1 is 1.20 bits per heavy atom. The van der Waals surface area contributed by atoms with Crippen LogP contribution in [-0.4, -0.2) is 0 Å².